The van der Waals surface area contributed by atoms with Crippen molar-refractivity contribution in [1.82, 2.24) is 5.32 Å². The summed E-state index contributed by atoms with van der Waals surface area (Å²) < 4.78 is 5.85. The molecule has 0 aliphatic rings. The molecule has 6 nitrogen and oxygen atoms in total. The summed E-state index contributed by atoms with van der Waals surface area (Å²) >= 11 is 9.46. The number of halogens is 2. The minimum Gasteiger partial charge on any atom is -0.465 e. The van der Waals surface area contributed by atoms with Crippen LogP contribution in [0.5, 0.6) is 0 Å². The van der Waals surface area contributed by atoms with Crippen molar-refractivity contribution >= 4 is 33.5 Å². The third kappa shape index (κ3) is 5.02. The highest BCUT2D eigenvalue weighted by Gasteiger charge is 2.23. The summed E-state index contributed by atoms with van der Waals surface area (Å²) in [5.74, 6) is -0.419. The highest BCUT2D eigenvalue weighted by molar-refractivity contribution is 9.10. The van der Waals surface area contributed by atoms with Crippen molar-refractivity contribution in [2.45, 2.75) is 13.0 Å². The lowest BCUT2D eigenvalue weighted by Gasteiger charge is -2.18. The maximum atomic E-state index is 12.0. The van der Waals surface area contributed by atoms with Gasteiger partial charge in [0, 0.05) is 27.5 Å². The van der Waals surface area contributed by atoms with Crippen molar-refractivity contribution in [1.29, 1.82) is 0 Å². The summed E-state index contributed by atoms with van der Waals surface area (Å²) in [6.45, 7) is 2.60. The summed E-state index contributed by atoms with van der Waals surface area (Å²) in [4.78, 5) is 14.6. The molecular formula is C12H14BrClN4O2. The third-order valence-electron chi connectivity index (χ3n) is 2.42. The first-order valence-electron chi connectivity index (χ1n) is 5.96. The van der Waals surface area contributed by atoms with Crippen LogP contribution >= 0.6 is 27.5 Å². The summed E-state index contributed by atoms with van der Waals surface area (Å²) in [6.07, 6.45) is 0. The molecule has 0 amide bonds. The molecule has 0 aliphatic heterocycles. The lowest BCUT2D eigenvalue weighted by molar-refractivity contribution is -0.145. The number of carbonyl (C=O) groups excluding carboxylic acids is 1. The Morgan fingerprint density at radius 2 is 2.40 bits per heavy atom. The smallest absolute Gasteiger partial charge is 0.327 e. The van der Waals surface area contributed by atoms with Crippen LogP contribution in [-0.2, 0) is 9.53 Å². The average molecular weight is 362 g/mol. The standard InChI is InChI=1S/C12H14BrClN4O2/c1-2-20-12(19)11(16-5-6-17-18-15)9-4-3-8(13)7-10(9)14/h3-4,7,11,16H,2,5-6H2,1H3. The maximum absolute atomic E-state index is 12.0. The van der Waals surface area contributed by atoms with E-state index in [1.54, 1.807) is 25.1 Å². The number of hydrogen-bond acceptors (Lipinski definition) is 4. The van der Waals surface area contributed by atoms with Gasteiger partial charge in [0.05, 0.1) is 6.61 Å². The molecule has 0 spiro atoms. The Balaban J connectivity index is 2.90. The van der Waals surface area contributed by atoms with Crippen molar-refractivity contribution < 1.29 is 9.53 Å². The molecule has 0 heterocycles. The van der Waals surface area contributed by atoms with E-state index in [2.05, 4.69) is 31.3 Å². The number of benzene rings is 1. The van der Waals surface area contributed by atoms with Crippen LogP contribution in [0.25, 0.3) is 10.4 Å². The molecule has 0 bridgehead atoms. The van der Waals surface area contributed by atoms with Gasteiger partial charge in [-0.3, -0.25) is 0 Å². The monoisotopic (exact) mass is 360 g/mol. The zero-order chi connectivity index (χ0) is 15.0. The van der Waals surface area contributed by atoms with E-state index in [0.29, 0.717) is 17.1 Å². The van der Waals surface area contributed by atoms with Crippen molar-refractivity contribution in [3.63, 3.8) is 0 Å². The van der Waals surface area contributed by atoms with E-state index in [1.807, 2.05) is 0 Å². The highest BCUT2D eigenvalue weighted by atomic mass is 79.9. The van der Waals surface area contributed by atoms with Crippen LogP contribution in [0.15, 0.2) is 27.8 Å². The Morgan fingerprint density at radius 1 is 1.65 bits per heavy atom. The third-order valence-corrected chi connectivity index (χ3v) is 3.24. The van der Waals surface area contributed by atoms with Gasteiger partial charge >= 0.3 is 5.97 Å². The largest absolute Gasteiger partial charge is 0.465 e. The Kier molecular flexibility index (Phi) is 7.40. The molecular weight excluding hydrogens is 348 g/mol. The molecule has 1 N–H and O–H groups in total. The van der Waals surface area contributed by atoms with Crippen LogP contribution in [0.1, 0.15) is 18.5 Å². The van der Waals surface area contributed by atoms with E-state index in [4.69, 9.17) is 21.9 Å². The van der Waals surface area contributed by atoms with Gasteiger partial charge in [0.2, 0.25) is 0 Å². The number of rotatable bonds is 7. The van der Waals surface area contributed by atoms with E-state index >= 15 is 0 Å². The molecule has 20 heavy (non-hydrogen) atoms. The van der Waals surface area contributed by atoms with Gasteiger partial charge in [0.15, 0.2) is 0 Å². The van der Waals surface area contributed by atoms with Gasteiger partial charge in [-0.05, 0) is 30.2 Å². The summed E-state index contributed by atoms with van der Waals surface area (Å²) in [7, 11) is 0. The quantitative estimate of drug-likeness (QED) is 0.264. The van der Waals surface area contributed by atoms with Gasteiger partial charge in [0.1, 0.15) is 6.04 Å². The number of hydrogen-bond donors (Lipinski definition) is 1. The van der Waals surface area contributed by atoms with Gasteiger partial charge in [-0.15, -0.1) is 0 Å². The number of ether oxygens (including phenoxy) is 1. The molecule has 108 valence electrons. The lowest BCUT2D eigenvalue weighted by Crippen LogP contribution is -2.32. The molecule has 1 unspecified atom stereocenters. The second-order valence-electron chi connectivity index (χ2n) is 3.76. The van der Waals surface area contributed by atoms with Crippen molar-refractivity contribution in [3.8, 4) is 0 Å². The Morgan fingerprint density at radius 3 is 3.00 bits per heavy atom. The van der Waals surface area contributed by atoms with Crippen LogP contribution < -0.4 is 5.32 Å². The van der Waals surface area contributed by atoms with Gasteiger partial charge < -0.3 is 10.1 Å². The molecule has 0 saturated carbocycles. The van der Waals surface area contributed by atoms with Crippen LogP contribution in [0, 0.1) is 0 Å². The molecule has 0 saturated heterocycles. The predicted octanol–water partition coefficient (Wildman–Crippen LogP) is 3.61. The van der Waals surface area contributed by atoms with Crippen LogP contribution in [0.4, 0.5) is 0 Å². The summed E-state index contributed by atoms with van der Waals surface area (Å²) in [6, 6.07) is 4.56. The number of nitrogens with one attached hydrogen (secondary N) is 1. The molecule has 0 fully saturated rings. The molecule has 1 rings (SSSR count). The SMILES string of the molecule is CCOC(=O)C(NCCN=[N+]=[N-])c1ccc(Br)cc1Cl. The first kappa shape index (κ1) is 16.8. The van der Waals surface area contributed by atoms with E-state index in [-0.39, 0.29) is 13.2 Å². The first-order valence-corrected chi connectivity index (χ1v) is 7.13. The topological polar surface area (TPSA) is 87.1 Å². The number of azide groups is 1. The number of carbonyl (C=O) groups is 1. The summed E-state index contributed by atoms with van der Waals surface area (Å²) in [5.41, 5.74) is 8.85. The molecule has 0 radical (unpaired) electrons. The molecule has 1 atom stereocenters. The fraction of sp³-hybridized carbons (Fsp3) is 0.417. The fourth-order valence-corrected chi connectivity index (χ4v) is 2.37. The summed E-state index contributed by atoms with van der Waals surface area (Å²) in [5, 5.41) is 6.83. The number of nitrogens with zero attached hydrogens (tertiary/aromatic N) is 3. The zero-order valence-electron chi connectivity index (χ0n) is 10.8. The zero-order valence-corrected chi connectivity index (χ0v) is 13.2. The normalized spacial score (nSPS) is 11.6. The Labute approximate surface area is 130 Å². The van der Waals surface area contributed by atoms with E-state index in [0.717, 1.165) is 4.47 Å². The minimum atomic E-state index is -0.690. The van der Waals surface area contributed by atoms with Gasteiger partial charge in [-0.2, -0.15) is 0 Å². The second-order valence-corrected chi connectivity index (χ2v) is 5.08. The van der Waals surface area contributed by atoms with Crippen LogP contribution in [0.3, 0.4) is 0 Å². The number of esters is 1. The molecule has 0 aromatic heterocycles. The van der Waals surface area contributed by atoms with Gasteiger partial charge in [-0.1, -0.05) is 38.7 Å². The van der Waals surface area contributed by atoms with E-state index in [1.165, 1.54) is 0 Å². The van der Waals surface area contributed by atoms with E-state index < -0.39 is 12.0 Å². The Bertz CT molecular complexity index is 520. The maximum Gasteiger partial charge on any atom is 0.327 e. The molecule has 1 aromatic carbocycles. The van der Waals surface area contributed by atoms with Gasteiger partial charge in [-0.25, -0.2) is 4.79 Å². The fourth-order valence-electron chi connectivity index (χ4n) is 1.59. The van der Waals surface area contributed by atoms with Crippen molar-refractivity contribution in [2.24, 2.45) is 5.11 Å². The second kappa shape index (κ2) is 8.81. The average Bonchev–Trinajstić information content (AvgIpc) is 2.40. The van der Waals surface area contributed by atoms with E-state index in [9.17, 15) is 4.79 Å². The Hall–Kier alpha value is -1.27. The molecule has 1 aromatic rings. The molecule has 8 heteroatoms. The lowest BCUT2D eigenvalue weighted by atomic mass is 10.1. The first-order chi connectivity index (χ1) is 9.60. The highest BCUT2D eigenvalue weighted by Crippen LogP contribution is 2.27. The predicted molar refractivity (Wildman–Crippen MR) is 80.5 cm³/mol. The van der Waals surface area contributed by atoms with Crippen molar-refractivity contribution in [3.05, 3.63) is 43.7 Å². The minimum absolute atomic E-state index is 0.237. The van der Waals surface area contributed by atoms with Crippen LogP contribution in [0.2, 0.25) is 5.02 Å². The van der Waals surface area contributed by atoms with Gasteiger partial charge in [0.25, 0.3) is 0 Å². The van der Waals surface area contributed by atoms with Crippen LogP contribution in [-0.4, -0.2) is 25.7 Å². The van der Waals surface area contributed by atoms with Crippen molar-refractivity contribution in [2.75, 3.05) is 19.7 Å². The molecule has 0 aliphatic carbocycles.